The Morgan fingerprint density at radius 3 is 2.89 bits per heavy atom. The first-order valence-corrected chi connectivity index (χ1v) is 6.55. The van der Waals surface area contributed by atoms with Crippen molar-refractivity contribution >= 4 is 5.97 Å². The Kier molecular flexibility index (Phi) is 3.97. The predicted octanol–water partition coefficient (Wildman–Crippen LogP) is 2.45. The molecule has 0 bridgehead atoms. The Hall–Kier alpha value is -1.42. The van der Waals surface area contributed by atoms with Gasteiger partial charge in [-0.05, 0) is 36.8 Å². The lowest BCUT2D eigenvalue weighted by Gasteiger charge is -2.14. The molecule has 0 atom stereocenters. The molecule has 0 radical (unpaired) electrons. The van der Waals surface area contributed by atoms with E-state index in [4.69, 9.17) is 5.11 Å². The van der Waals surface area contributed by atoms with Crippen molar-refractivity contribution in [1.29, 1.82) is 0 Å². The van der Waals surface area contributed by atoms with Crippen LogP contribution >= 0.6 is 0 Å². The zero-order chi connectivity index (χ0) is 13.0. The van der Waals surface area contributed by atoms with Gasteiger partial charge in [-0.25, -0.2) is 9.78 Å². The van der Waals surface area contributed by atoms with Crippen molar-refractivity contribution in [2.45, 2.75) is 39.2 Å². The fourth-order valence-corrected chi connectivity index (χ4v) is 2.38. The Bertz CT molecular complexity index is 428. The van der Waals surface area contributed by atoms with Crippen LogP contribution in [0.15, 0.2) is 18.2 Å². The van der Waals surface area contributed by atoms with E-state index in [2.05, 4.69) is 17.2 Å². The quantitative estimate of drug-likeness (QED) is 0.778. The van der Waals surface area contributed by atoms with Crippen LogP contribution in [-0.2, 0) is 6.54 Å². The number of nitrogens with zero attached hydrogens (tertiary/aromatic N) is 1. The summed E-state index contributed by atoms with van der Waals surface area (Å²) < 4.78 is 0. The zero-order valence-electron chi connectivity index (χ0n) is 10.8. The third-order valence-corrected chi connectivity index (χ3v) is 3.57. The van der Waals surface area contributed by atoms with E-state index in [0.29, 0.717) is 12.0 Å². The van der Waals surface area contributed by atoms with E-state index in [1.165, 1.54) is 31.7 Å². The first-order valence-electron chi connectivity index (χ1n) is 6.55. The molecule has 0 amide bonds. The number of carboxylic acid groups (broad SMARTS) is 1. The lowest BCUT2D eigenvalue weighted by Crippen LogP contribution is -2.24. The minimum Gasteiger partial charge on any atom is -0.477 e. The molecule has 0 saturated heterocycles. The van der Waals surface area contributed by atoms with Gasteiger partial charge in [0.2, 0.25) is 0 Å². The topological polar surface area (TPSA) is 62.2 Å². The molecule has 1 heterocycles. The van der Waals surface area contributed by atoms with Crippen LogP contribution in [0.3, 0.4) is 0 Å². The number of aromatic nitrogens is 1. The van der Waals surface area contributed by atoms with Crippen LogP contribution in [0.2, 0.25) is 0 Å². The lowest BCUT2D eigenvalue weighted by atomic mass is 10.0. The minimum atomic E-state index is -0.971. The summed E-state index contributed by atoms with van der Waals surface area (Å²) in [4.78, 5) is 14.9. The normalized spacial score (nSPS) is 16.5. The van der Waals surface area contributed by atoms with Gasteiger partial charge in [-0.3, -0.25) is 0 Å². The van der Waals surface area contributed by atoms with Gasteiger partial charge >= 0.3 is 5.97 Å². The molecule has 0 aliphatic heterocycles. The van der Waals surface area contributed by atoms with Crippen LogP contribution < -0.4 is 5.32 Å². The average molecular weight is 248 g/mol. The molecule has 4 nitrogen and oxygen atoms in total. The van der Waals surface area contributed by atoms with Crippen molar-refractivity contribution in [1.82, 2.24) is 10.3 Å². The smallest absolute Gasteiger partial charge is 0.354 e. The maximum Gasteiger partial charge on any atom is 0.354 e. The van der Waals surface area contributed by atoms with E-state index in [1.807, 2.05) is 6.07 Å². The van der Waals surface area contributed by atoms with Crippen LogP contribution in [-0.4, -0.2) is 22.6 Å². The number of hydrogen-bond acceptors (Lipinski definition) is 3. The number of carbonyl (C=O) groups is 1. The Balaban J connectivity index is 1.83. The van der Waals surface area contributed by atoms with Gasteiger partial charge in [0, 0.05) is 13.1 Å². The number of carboxylic acids is 1. The lowest BCUT2D eigenvalue weighted by molar-refractivity contribution is 0.0690. The molecule has 4 heteroatoms. The average Bonchev–Trinajstić information content (AvgIpc) is 3.10. The fraction of sp³-hybridized carbons (Fsp3) is 0.571. The van der Waals surface area contributed by atoms with E-state index in [-0.39, 0.29) is 5.69 Å². The predicted molar refractivity (Wildman–Crippen MR) is 69.5 cm³/mol. The molecule has 1 aromatic rings. The van der Waals surface area contributed by atoms with Gasteiger partial charge in [-0.15, -0.1) is 0 Å². The van der Waals surface area contributed by atoms with Gasteiger partial charge in [0.05, 0.1) is 5.69 Å². The second-order valence-electron chi connectivity index (χ2n) is 5.17. The van der Waals surface area contributed by atoms with Gasteiger partial charge in [-0.2, -0.15) is 0 Å². The van der Waals surface area contributed by atoms with Crippen molar-refractivity contribution in [3.8, 4) is 0 Å². The number of nitrogens with one attached hydrogen (secondary N) is 1. The van der Waals surface area contributed by atoms with Crippen LogP contribution in [0.25, 0.3) is 0 Å². The Morgan fingerprint density at radius 1 is 1.50 bits per heavy atom. The number of pyridine rings is 1. The van der Waals surface area contributed by atoms with Gasteiger partial charge in [0.15, 0.2) is 0 Å². The number of aromatic carboxylic acids is 1. The van der Waals surface area contributed by atoms with Crippen LogP contribution in [0.4, 0.5) is 0 Å². The zero-order valence-corrected chi connectivity index (χ0v) is 10.8. The van der Waals surface area contributed by atoms with Crippen LogP contribution in [0.5, 0.6) is 0 Å². The monoisotopic (exact) mass is 248 g/mol. The largest absolute Gasteiger partial charge is 0.477 e. The molecule has 1 aromatic heterocycles. The van der Waals surface area contributed by atoms with E-state index >= 15 is 0 Å². The third kappa shape index (κ3) is 3.29. The summed E-state index contributed by atoms with van der Waals surface area (Å²) in [6.07, 6.45) is 5.14. The first-order chi connectivity index (χ1) is 8.65. The highest BCUT2D eigenvalue weighted by atomic mass is 16.4. The van der Waals surface area contributed by atoms with Gasteiger partial charge in [0.25, 0.3) is 0 Å². The summed E-state index contributed by atoms with van der Waals surface area (Å²) in [5, 5.41) is 12.3. The van der Waals surface area contributed by atoms with E-state index in [1.54, 1.807) is 6.07 Å². The molecule has 1 fully saturated rings. The van der Waals surface area contributed by atoms with Crippen molar-refractivity contribution in [3.05, 3.63) is 29.6 Å². The molecule has 18 heavy (non-hydrogen) atoms. The summed E-state index contributed by atoms with van der Waals surface area (Å²) in [7, 11) is 0. The molecule has 1 saturated carbocycles. The SMILES string of the molecule is CCCC1(CNCc2cccc(C(=O)O)n2)CC1. The molecule has 1 aliphatic carbocycles. The van der Waals surface area contributed by atoms with Gasteiger partial charge in [0.1, 0.15) is 5.69 Å². The van der Waals surface area contributed by atoms with Crippen molar-refractivity contribution in [3.63, 3.8) is 0 Å². The summed E-state index contributed by atoms with van der Waals surface area (Å²) in [5.74, 6) is -0.971. The summed E-state index contributed by atoms with van der Waals surface area (Å²) in [6.45, 7) is 3.88. The maximum atomic E-state index is 10.8. The van der Waals surface area contributed by atoms with Gasteiger partial charge in [-0.1, -0.05) is 19.4 Å². The maximum absolute atomic E-state index is 10.8. The van der Waals surface area contributed by atoms with Crippen molar-refractivity contribution < 1.29 is 9.90 Å². The molecule has 0 aromatic carbocycles. The second kappa shape index (κ2) is 5.48. The molecule has 2 rings (SSSR count). The molecule has 1 aliphatic rings. The van der Waals surface area contributed by atoms with E-state index in [9.17, 15) is 4.79 Å². The highest BCUT2D eigenvalue weighted by molar-refractivity contribution is 5.85. The molecular formula is C14H20N2O2. The van der Waals surface area contributed by atoms with E-state index < -0.39 is 5.97 Å². The summed E-state index contributed by atoms with van der Waals surface area (Å²) in [6, 6.07) is 5.12. The number of hydrogen-bond donors (Lipinski definition) is 2. The Morgan fingerprint density at radius 2 is 2.28 bits per heavy atom. The van der Waals surface area contributed by atoms with Crippen molar-refractivity contribution in [2.75, 3.05) is 6.54 Å². The Labute approximate surface area is 107 Å². The molecular weight excluding hydrogens is 228 g/mol. The standard InChI is InChI=1S/C14H20N2O2/c1-2-6-14(7-8-14)10-15-9-11-4-3-5-12(16-11)13(17)18/h3-5,15H,2,6-10H2,1H3,(H,17,18). The van der Waals surface area contributed by atoms with Crippen molar-refractivity contribution in [2.24, 2.45) is 5.41 Å². The second-order valence-corrected chi connectivity index (χ2v) is 5.17. The fourth-order valence-electron chi connectivity index (χ4n) is 2.38. The minimum absolute atomic E-state index is 0.115. The highest BCUT2D eigenvalue weighted by Gasteiger charge is 2.40. The summed E-state index contributed by atoms with van der Waals surface area (Å²) >= 11 is 0. The van der Waals surface area contributed by atoms with E-state index in [0.717, 1.165) is 12.2 Å². The highest BCUT2D eigenvalue weighted by Crippen LogP contribution is 2.48. The summed E-state index contributed by atoms with van der Waals surface area (Å²) in [5.41, 5.74) is 1.42. The molecule has 0 unspecified atom stereocenters. The third-order valence-electron chi connectivity index (χ3n) is 3.57. The van der Waals surface area contributed by atoms with Crippen LogP contribution in [0.1, 0.15) is 48.8 Å². The first kappa shape index (κ1) is 13.0. The molecule has 0 spiro atoms. The molecule has 2 N–H and O–H groups in total. The van der Waals surface area contributed by atoms with Gasteiger partial charge < -0.3 is 10.4 Å². The number of rotatable bonds is 7. The van der Waals surface area contributed by atoms with Crippen LogP contribution in [0, 0.1) is 5.41 Å². The molecule has 98 valence electrons.